The number of carboxylic acid groups (broad SMARTS) is 1. The van der Waals surface area contributed by atoms with E-state index in [1.807, 2.05) is 74.6 Å². The van der Waals surface area contributed by atoms with Gasteiger partial charge >= 0.3 is 5.97 Å². The van der Waals surface area contributed by atoms with E-state index in [9.17, 15) is 18.8 Å². The highest BCUT2D eigenvalue weighted by molar-refractivity contribution is 6.37. The van der Waals surface area contributed by atoms with Crippen LogP contribution in [0.1, 0.15) is 23.1 Å². The third-order valence-electron chi connectivity index (χ3n) is 7.08. The minimum atomic E-state index is -0.873. The molecule has 0 atom stereocenters. The van der Waals surface area contributed by atoms with Gasteiger partial charge in [-0.2, -0.15) is 0 Å². The fraction of sp³-hybridized carbons (Fsp3) is 0.281. The zero-order valence-corrected chi connectivity index (χ0v) is 24.3. The van der Waals surface area contributed by atoms with Crippen LogP contribution in [0, 0.1) is 5.82 Å². The van der Waals surface area contributed by atoms with Gasteiger partial charge in [-0.15, -0.1) is 0 Å². The number of anilines is 3. The predicted octanol–water partition coefficient (Wildman–Crippen LogP) is 4.23. The van der Waals surface area contributed by atoms with Crippen LogP contribution < -0.4 is 15.5 Å². The van der Waals surface area contributed by atoms with Crippen LogP contribution in [0.4, 0.5) is 21.5 Å². The molecule has 0 unspecified atom stereocenters. The highest BCUT2D eigenvalue weighted by Gasteiger charge is 2.29. The number of likely N-dealkylation sites (N-methyl/N-ethyl adjacent to an activating group) is 3. The number of aliphatic carboxylic acids is 1. The van der Waals surface area contributed by atoms with Gasteiger partial charge in [-0.3, -0.25) is 19.3 Å². The lowest BCUT2D eigenvalue weighted by Gasteiger charge is -2.23. The molecule has 3 N–H and O–H groups in total. The highest BCUT2D eigenvalue weighted by Crippen LogP contribution is 2.38. The number of nitrogens with one attached hydrogen (secondary N) is 2. The highest BCUT2D eigenvalue weighted by atomic mass is 19.1. The molecule has 10 heteroatoms. The summed E-state index contributed by atoms with van der Waals surface area (Å²) in [5.74, 6) is -1.73. The molecule has 0 radical (unpaired) electrons. The third-order valence-corrected chi connectivity index (χ3v) is 7.08. The van der Waals surface area contributed by atoms with E-state index in [1.54, 1.807) is 18.0 Å². The first-order valence-electron chi connectivity index (χ1n) is 13.7. The number of hydrogen-bond donors (Lipinski definition) is 3. The van der Waals surface area contributed by atoms with Crippen molar-refractivity contribution in [1.29, 1.82) is 0 Å². The SMILES string of the molecule is CN(C)CCN(C)CC(=O)N(C)c1ccc(N/C(=C2\C(=O)Nc3cc(F)ccc32)c2ccc(CCC(=O)O)cc2)cc1. The Balaban J connectivity index is 1.60. The van der Waals surface area contributed by atoms with Gasteiger partial charge in [-0.1, -0.05) is 24.3 Å². The summed E-state index contributed by atoms with van der Waals surface area (Å²) in [6.45, 7) is 1.92. The number of carbonyl (C=O) groups is 3. The molecule has 1 heterocycles. The van der Waals surface area contributed by atoms with Crippen molar-refractivity contribution in [3.8, 4) is 0 Å². The summed E-state index contributed by atoms with van der Waals surface area (Å²) in [6.07, 6.45) is 0.402. The summed E-state index contributed by atoms with van der Waals surface area (Å²) in [5, 5.41) is 15.1. The zero-order chi connectivity index (χ0) is 30.4. The Bertz CT molecular complexity index is 1490. The second-order valence-electron chi connectivity index (χ2n) is 10.7. The summed E-state index contributed by atoms with van der Waals surface area (Å²) in [4.78, 5) is 42.6. The fourth-order valence-corrected chi connectivity index (χ4v) is 4.61. The summed E-state index contributed by atoms with van der Waals surface area (Å²) >= 11 is 0. The van der Waals surface area contributed by atoms with Crippen molar-refractivity contribution in [2.45, 2.75) is 12.8 Å². The summed E-state index contributed by atoms with van der Waals surface area (Å²) in [6, 6.07) is 18.8. The van der Waals surface area contributed by atoms with E-state index in [4.69, 9.17) is 5.11 Å². The summed E-state index contributed by atoms with van der Waals surface area (Å²) in [7, 11) is 7.65. The monoisotopic (exact) mass is 573 g/mol. The molecule has 2 amide bonds. The number of benzene rings is 3. The van der Waals surface area contributed by atoms with Crippen molar-refractivity contribution in [1.82, 2.24) is 9.80 Å². The average molecular weight is 574 g/mol. The molecule has 1 aliphatic heterocycles. The fourth-order valence-electron chi connectivity index (χ4n) is 4.61. The van der Waals surface area contributed by atoms with E-state index in [0.717, 1.165) is 24.3 Å². The van der Waals surface area contributed by atoms with E-state index >= 15 is 0 Å². The number of carbonyl (C=O) groups excluding carboxylic acids is 2. The van der Waals surface area contributed by atoms with Crippen LogP contribution >= 0.6 is 0 Å². The molecule has 0 saturated heterocycles. The second-order valence-corrected chi connectivity index (χ2v) is 10.7. The number of halogens is 1. The van der Waals surface area contributed by atoms with Gasteiger partial charge in [-0.25, -0.2) is 4.39 Å². The Kier molecular flexibility index (Phi) is 9.72. The number of carboxylic acids is 1. The molecule has 1 aliphatic rings. The van der Waals surface area contributed by atoms with E-state index in [-0.39, 0.29) is 24.8 Å². The molecule has 220 valence electrons. The largest absolute Gasteiger partial charge is 0.481 e. The van der Waals surface area contributed by atoms with Crippen LogP contribution in [0.5, 0.6) is 0 Å². The maximum Gasteiger partial charge on any atom is 0.303 e. The van der Waals surface area contributed by atoms with Crippen LogP contribution in [-0.2, 0) is 20.8 Å². The van der Waals surface area contributed by atoms with Gasteiger partial charge in [-0.05, 0) is 81.2 Å². The van der Waals surface area contributed by atoms with Crippen molar-refractivity contribution in [3.63, 3.8) is 0 Å². The second kappa shape index (κ2) is 13.4. The zero-order valence-electron chi connectivity index (χ0n) is 24.3. The van der Waals surface area contributed by atoms with Crippen LogP contribution in [0.25, 0.3) is 11.3 Å². The molecule has 42 heavy (non-hydrogen) atoms. The number of aryl methyl sites for hydroxylation is 1. The summed E-state index contributed by atoms with van der Waals surface area (Å²) in [5.41, 5.74) is 4.80. The van der Waals surface area contributed by atoms with Gasteiger partial charge in [0, 0.05) is 43.5 Å². The molecule has 3 aromatic carbocycles. The van der Waals surface area contributed by atoms with Crippen molar-refractivity contribution in [2.75, 3.05) is 63.4 Å². The maximum atomic E-state index is 13.9. The van der Waals surface area contributed by atoms with E-state index in [2.05, 4.69) is 15.5 Å². The van der Waals surface area contributed by atoms with Crippen LogP contribution in [-0.4, -0.2) is 80.5 Å². The predicted molar refractivity (Wildman–Crippen MR) is 164 cm³/mol. The smallest absolute Gasteiger partial charge is 0.303 e. The molecule has 0 aliphatic carbocycles. The third kappa shape index (κ3) is 7.59. The minimum absolute atomic E-state index is 0.0164. The van der Waals surface area contributed by atoms with Crippen LogP contribution in [0.15, 0.2) is 66.7 Å². The lowest BCUT2D eigenvalue weighted by Crippen LogP contribution is -2.39. The van der Waals surface area contributed by atoms with Crippen molar-refractivity contribution < 1.29 is 23.9 Å². The first kappa shape index (κ1) is 30.4. The van der Waals surface area contributed by atoms with Gasteiger partial charge < -0.3 is 25.5 Å². The first-order valence-corrected chi connectivity index (χ1v) is 13.7. The number of rotatable bonds is 12. The first-order chi connectivity index (χ1) is 20.0. The summed E-state index contributed by atoms with van der Waals surface area (Å²) < 4.78 is 13.9. The van der Waals surface area contributed by atoms with Crippen LogP contribution in [0.2, 0.25) is 0 Å². The minimum Gasteiger partial charge on any atom is -0.481 e. The molecule has 3 aromatic rings. The van der Waals surface area contributed by atoms with E-state index in [0.29, 0.717) is 40.2 Å². The molecule has 9 nitrogen and oxygen atoms in total. The Hall–Kier alpha value is -4.54. The quantitative estimate of drug-likeness (QED) is 0.279. The van der Waals surface area contributed by atoms with Crippen molar-refractivity contribution >= 4 is 46.1 Å². The van der Waals surface area contributed by atoms with E-state index < -0.39 is 11.8 Å². The van der Waals surface area contributed by atoms with Gasteiger partial charge in [0.15, 0.2) is 0 Å². The normalized spacial score (nSPS) is 13.6. The molecule has 0 spiro atoms. The van der Waals surface area contributed by atoms with Gasteiger partial charge in [0.25, 0.3) is 5.91 Å². The Morgan fingerprint density at radius 1 is 0.929 bits per heavy atom. The topological polar surface area (TPSA) is 105 Å². The van der Waals surface area contributed by atoms with E-state index in [1.165, 1.54) is 12.1 Å². The standard InChI is InChI=1S/C32H36FN5O4/c1-36(2)17-18-37(3)20-28(39)38(4)25-13-11-24(12-14-25)34-31(22-8-5-21(6-9-22)7-16-29(40)41)30-26-15-10-23(33)19-27(26)35-32(30)42/h5-6,8-15,19,34H,7,16-18,20H2,1-4H3,(H,35,42)(H,40,41)/b31-30-. The molecule has 0 fully saturated rings. The van der Waals surface area contributed by atoms with Gasteiger partial charge in [0.1, 0.15) is 5.82 Å². The van der Waals surface area contributed by atoms with Gasteiger partial charge in [0.2, 0.25) is 5.91 Å². The lowest BCUT2D eigenvalue weighted by atomic mass is 9.98. The van der Waals surface area contributed by atoms with Crippen molar-refractivity contribution in [2.24, 2.45) is 0 Å². The molecular formula is C32H36FN5O4. The van der Waals surface area contributed by atoms with Crippen molar-refractivity contribution in [3.05, 3.63) is 89.2 Å². The van der Waals surface area contributed by atoms with Crippen LogP contribution in [0.3, 0.4) is 0 Å². The van der Waals surface area contributed by atoms with Gasteiger partial charge in [0.05, 0.1) is 23.5 Å². The number of nitrogens with zero attached hydrogens (tertiary/aromatic N) is 3. The number of fused-ring (bicyclic) bond motifs is 1. The average Bonchev–Trinajstić information content (AvgIpc) is 3.28. The number of amides is 2. The Morgan fingerprint density at radius 3 is 2.26 bits per heavy atom. The Labute approximate surface area is 245 Å². The lowest BCUT2D eigenvalue weighted by molar-refractivity contribution is -0.137. The Morgan fingerprint density at radius 2 is 1.62 bits per heavy atom. The number of hydrogen-bond acceptors (Lipinski definition) is 6. The molecular weight excluding hydrogens is 537 g/mol. The molecule has 0 saturated carbocycles. The molecule has 4 rings (SSSR count). The molecule has 0 aromatic heterocycles. The maximum absolute atomic E-state index is 13.9. The molecule has 0 bridgehead atoms.